The van der Waals surface area contributed by atoms with E-state index in [0.29, 0.717) is 6.42 Å². The van der Waals surface area contributed by atoms with Crippen molar-refractivity contribution in [3.63, 3.8) is 0 Å². The Morgan fingerprint density at radius 1 is 0.793 bits per heavy atom. The van der Waals surface area contributed by atoms with Gasteiger partial charge < -0.3 is 0 Å². The standard InChI is InChI=1S/C20H37N2O6P/c1-2-3-4-11-16-26-29(25,27-21-19(23)17-12-7-5-8-13-17)28-22-20(24)18-14-9-6-10-15-18/h17-18H,2-16H2,1H3,(H,21,23)(H,22,24). The molecule has 0 heterocycles. The van der Waals surface area contributed by atoms with Crippen molar-refractivity contribution in [2.45, 2.75) is 96.8 Å². The van der Waals surface area contributed by atoms with Crippen LogP contribution >= 0.6 is 7.82 Å². The van der Waals surface area contributed by atoms with Crippen LogP contribution in [0.3, 0.4) is 0 Å². The zero-order chi connectivity index (χ0) is 21.0. The summed E-state index contributed by atoms with van der Waals surface area (Å²) in [6.07, 6.45) is 13.1. The molecule has 0 bridgehead atoms. The quantitative estimate of drug-likeness (QED) is 0.257. The molecule has 168 valence electrons. The fraction of sp³-hybridized carbons (Fsp3) is 0.900. The molecule has 0 atom stereocenters. The molecule has 0 aliphatic heterocycles. The lowest BCUT2D eigenvalue weighted by Crippen LogP contribution is -2.34. The van der Waals surface area contributed by atoms with Gasteiger partial charge in [-0.2, -0.15) is 9.25 Å². The maximum Gasteiger partial charge on any atom is 0.517 e. The molecule has 2 rings (SSSR count). The maximum atomic E-state index is 12.9. The SMILES string of the molecule is CCCCCCOP(=O)(ONC(=O)C1CCCCC1)ONC(=O)C1CCCCC1. The number of amides is 2. The number of rotatable bonds is 12. The minimum atomic E-state index is -4.14. The van der Waals surface area contributed by atoms with Crippen molar-refractivity contribution in [1.29, 1.82) is 0 Å². The van der Waals surface area contributed by atoms with Crippen molar-refractivity contribution < 1.29 is 27.9 Å². The van der Waals surface area contributed by atoms with E-state index in [0.717, 1.165) is 83.5 Å². The Morgan fingerprint density at radius 2 is 1.28 bits per heavy atom. The van der Waals surface area contributed by atoms with Crippen molar-refractivity contribution in [2.75, 3.05) is 6.61 Å². The van der Waals surface area contributed by atoms with E-state index in [4.69, 9.17) is 13.8 Å². The van der Waals surface area contributed by atoms with E-state index in [1.807, 2.05) is 0 Å². The highest BCUT2D eigenvalue weighted by Gasteiger charge is 2.33. The van der Waals surface area contributed by atoms with Crippen LogP contribution in [0.1, 0.15) is 96.8 Å². The normalized spacial score (nSPS) is 19.1. The molecule has 0 aromatic heterocycles. The van der Waals surface area contributed by atoms with Gasteiger partial charge in [-0.15, -0.1) is 0 Å². The molecule has 2 saturated carbocycles. The fourth-order valence-corrected chi connectivity index (χ4v) is 4.77. The number of unbranched alkanes of at least 4 members (excludes halogenated alkanes) is 3. The predicted octanol–water partition coefficient (Wildman–Crippen LogP) is 4.95. The minimum Gasteiger partial charge on any atom is -0.284 e. The van der Waals surface area contributed by atoms with Crippen LogP contribution < -0.4 is 11.0 Å². The summed E-state index contributed by atoms with van der Waals surface area (Å²) in [5, 5.41) is 0. The van der Waals surface area contributed by atoms with Gasteiger partial charge in [-0.25, -0.2) is 15.5 Å². The second-order valence-electron chi connectivity index (χ2n) is 8.13. The first kappa shape index (κ1) is 24.3. The summed E-state index contributed by atoms with van der Waals surface area (Å²) in [7, 11) is -4.14. The topological polar surface area (TPSA) is 103 Å². The molecule has 0 radical (unpaired) electrons. The Hall–Kier alpha value is -0.950. The summed E-state index contributed by atoms with van der Waals surface area (Å²) >= 11 is 0. The van der Waals surface area contributed by atoms with Gasteiger partial charge >= 0.3 is 7.82 Å². The number of hydrogen-bond acceptors (Lipinski definition) is 6. The molecule has 8 nitrogen and oxygen atoms in total. The highest BCUT2D eigenvalue weighted by atomic mass is 31.2. The molecule has 0 aromatic rings. The zero-order valence-corrected chi connectivity index (χ0v) is 18.6. The van der Waals surface area contributed by atoms with Crippen LogP contribution in [0.2, 0.25) is 0 Å². The van der Waals surface area contributed by atoms with Gasteiger partial charge in [0.05, 0.1) is 6.61 Å². The third-order valence-corrected chi connectivity index (χ3v) is 6.84. The number of nitrogens with one attached hydrogen (secondary N) is 2. The van der Waals surface area contributed by atoms with E-state index >= 15 is 0 Å². The summed E-state index contributed by atoms with van der Waals surface area (Å²) in [4.78, 5) is 24.6. The smallest absolute Gasteiger partial charge is 0.284 e. The molecule has 9 heteroatoms. The largest absolute Gasteiger partial charge is 0.517 e. The average Bonchev–Trinajstić information content (AvgIpc) is 2.77. The Labute approximate surface area is 174 Å². The Bertz CT molecular complexity index is 509. The lowest BCUT2D eigenvalue weighted by atomic mass is 9.89. The second-order valence-corrected chi connectivity index (χ2v) is 9.64. The molecule has 0 saturated heterocycles. The van der Waals surface area contributed by atoms with Gasteiger partial charge in [0.25, 0.3) is 0 Å². The van der Waals surface area contributed by atoms with E-state index in [1.54, 1.807) is 0 Å². The number of hydrogen-bond donors (Lipinski definition) is 2. The van der Waals surface area contributed by atoms with E-state index in [1.165, 1.54) is 0 Å². The van der Waals surface area contributed by atoms with Crippen LogP contribution in [0.25, 0.3) is 0 Å². The number of phosphoric acid groups is 1. The van der Waals surface area contributed by atoms with Gasteiger partial charge in [-0.3, -0.25) is 14.1 Å². The number of hydroxylamine groups is 2. The molecule has 2 fully saturated rings. The fourth-order valence-electron chi connectivity index (χ4n) is 3.87. The van der Waals surface area contributed by atoms with E-state index in [2.05, 4.69) is 17.9 Å². The molecular formula is C20H37N2O6P. The first-order chi connectivity index (χ1) is 14.0. The van der Waals surface area contributed by atoms with E-state index < -0.39 is 7.82 Å². The van der Waals surface area contributed by atoms with Gasteiger partial charge in [-0.05, 0) is 32.1 Å². The maximum absolute atomic E-state index is 12.9. The van der Waals surface area contributed by atoms with E-state index in [-0.39, 0.29) is 30.3 Å². The van der Waals surface area contributed by atoms with Crippen LogP contribution in [-0.2, 0) is 27.9 Å². The summed E-state index contributed by atoms with van der Waals surface area (Å²) in [5.41, 5.74) is 4.49. The van der Waals surface area contributed by atoms with E-state index in [9.17, 15) is 14.2 Å². The van der Waals surface area contributed by atoms with Crippen molar-refractivity contribution in [3.8, 4) is 0 Å². The third kappa shape index (κ3) is 9.16. The molecular weight excluding hydrogens is 395 g/mol. The first-order valence-electron chi connectivity index (χ1n) is 11.3. The van der Waals surface area contributed by atoms with Crippen LogP contribution in [-0.4, -0.2) is 18.4 Å². The lowest BCUT2D eigenvalue weighted by molar-refractivity contribution is -0.137. The third-order valence-electron chi connectivity index (χ3n) is 5.72. The minimum absolute atomic E-state index is 0.154. The monoisotopic (exact) mass is 432 g/mol. The molecule has 0 spiro atoms. The van der Waals surface area contributed by atoms with Crippen molar-refractivity contribution in [3.05, 3.63) is 0 Å². The van der Waals surface area contributed by atoms with Crippen molar-refractivity contribution in [2.24, 2.45) is 11.8 Å². The van der Waals surface area contributed by atoms with Crippen molar-refractivity contribution in [1.82, 2.24) is 11.0 Å². The zero-order valence-electron chi connectivity index (χ0n) is 17.7. The molecule has 0 aromatic carbocycles. The van der Waals surface area contributed by atoms with Crippen LogP contribution in [0, 0.1) is 11.8 Å². The molecule has 29 heavy (non-hydrogen) atoms. The molecule has 0 unspecified atom stereocenters. The summed E-state index contributed by atoms with van der Waals surface area (Å²) in [5.74, 6) is -0.944. The Balaban J connectivity index is 1.84. The molecule has 2 N–H and O–H groups in total. The predicted molar refractivity (Wildman–Crippen MR) is 109 cm³/mol. The van der Waals surface area contributed by atoms with Gasteiger partial charge in [0.1, 0.15) is 0 Å². The van der Waals surface area contributed by atoms with Gasteiger partial charge in [0, 0.05) is 11.8 Å². The summed E-state index contributed by atoms with van der Waals surface area (Å²) in [6.45, 7) is 2.26. The number of carbonyl (C=O) groups excluding carboxylic acids is 2. The average molecular weight is 432 g/mol. The number of carbonyl (C=O) groups is 2. The van der Waals surface area contributed by atoms with Gasteiger partial charge in [-0.1, -0.05) is 64.7 Å². The first-order valence-corrected chi connectivity index (χ1v) is 12.7. The van der Waals surface area contributed by atoms with Crippen molar-refractivity contribution >= 4 is 19.6 Å². The van der Waals surface area contributed by atoms with Crippen LogP contribution in [0.4, 0.5) is 0 Å². The molecule has 2 amide bonds. The highest BCUT2D eigenvalue weighted by molar-refractivity contribution is 7.48. The highest BCUT2D eigenvalue weighted by Crippen LogP contribution is 2.48. The van der Waals surface area contributed by atoms with Crippen LogP contribution in [0.15, 0.2) is 0 Å². The summed E-state index contributed by atoms with van der Waals surface area (Å²) < 4.78 is 28.4. The summed E-state index contributed by atoms with van der Waals surface area (Å²) in [6, 6.07) is 0. The lowest BCUT2D eigenvalue weighted by Gasteiger charge is -2.24. The van der Waals surface area contributed by atoms with Gasteiger partial charge in [0.15, 0.2) is 0 Å². The molecule has 2 aliphatic rings. The van der Waals surface area contributed by atoms with Crippen LogP contribution in [0.5, 0.6) is 0 Å². The molecule has 2 aliphatic carbocycles. The second kappa shape index (κ2) is 13.4. The Morgan fingerprint density at radius 3 is 1.72 bits per heavy atom. The van der Waals surface area contributed by atoms with Gasteiger partial charge in [0.2, 0.25) is 11.8 Å². The Kier molecular flexibility index (Phi) is 11.2.